The third kappa shape index (κ3) is 5.03. The van der Waals surface area contributed by atoms with Crippen molar-refractivity contribution in [2.24, 2.45) is 12.8 Å². The molecule has 1 aromatic heterocycles. The molecule has 1 aromatic rings. The number of piperidine rings is 1. The molecule has 2 N–H and O–H groups in total. The average Bonchev–Trinajstić information content (AvgIpc) is 2.73. The van der Waals surface area contributed by atoms with Crippen LogP contribution in [0.3, 0.4) is 0 Å². The number of amides is 1. The van der Waals surface area contributed by atoms with Gasteiger partial charge in [0, 0.05) is 25.8 Å². The lowest BCUT2D eigenvalue weighted by atomic mass is 9.97. The molecule has 0 aromatic carbocycles. The molecule has 1 aliphatic rings. The predicted octanol–water partition coefficient (Wildman–Crippen LogP) is 1.69. The van der Waals surface area contributed by atoms with Crippen LogP contribution < -0.4 is 5.73 Å². The second kappa shape index (κ2) is 8.03. The molecular weight excluding hydrogens is 344 g/mol. The first kappa shape index (κ1) is 21.0. The van der Waals surface area contributed by atoms with Gasteiger partial charge in [-0.25, -0.2) is 0 Å². The highest BCUT2D eigenvalue weighted by Crippen LogP contribution is 2.31. The molecule has 10 heteroatoms. The smallest absolute Gasteiger partial charge is 0.329 e. The van der Waals surface area contributed by atoms with E-state index in [1.807, 2.05) is 0 Å². The van der Waals surface area contributed by atoms with E-state index < -0.39 is 24.2 Å². The van der Waals surface area contributed by atoms with Crippen LogP contribution in [-0.2, 0) is 18.3 Å². The summed E-state index contributed by atoms with van der Waals surface area (Å²) in [6, 6.07) is -2.13. The zero-order valence-electron chi connectivity index (χ0n) is 11.9. The van der Waals surface area contributed by atoms with Crippen molar-refractivity contribution < 1.29 is 18.0 Å². The highest BCUT2D eigenvalue weighted by molar-refractivity contribution is 5.85. The van der Waals surface area contributed by atoms with Crippen molar-refractivity contribution in [3.63, 3.8) is 0 Å². The summed E-state index contributed by atoms with van der Waals surface area (Å²) in [6.45, 7) is -0.0523. The van der Waals surface area contributed by atoms with Gasteiger partial charge < -0.3 is 10.6 Å². The highest BCUT2D eigenvalue weighted by atomic mass is 35.5. The number of aromatic nitrogens is 2. The molecule has 1 fully saturated rings. The van der Waals surface area contributed by atoms with E-state index in [1.54, 1.807) is 13.2 Å². The van der Waals surface area contributed by atoms with Crippen LogP contribution in [0.1, 0.15) is 18.4 Å². The Labute approximate surface area is 138 Å². The Morgan fingerprint density at radius 3 is 2.55 bits per heavy atom. The van der Waals surface area contributed by atoms with E-state index in [2.05, 4.69) is 5.10 Å². The second-order valence-electron chi connectivity index (χ2n) is 5.14. The Bertz CT molecular complexity index is 495. The molecule has 0 saturated carbocycles. The fraction of sp³-hybridized carbons (Fsp3) is 0.667. The molecule has 5 nitrogen and oxygen atoms in total. The monoisotopic (exact) mass is 362 g/mol. The van der Waals surface area contributed by atoms with Crippen LogP contribution in [0.15, 0.2) is 12.4 Å². The number of likely N-dealkylation sites (tertiary alicyclic amines) is 1. The number of carbonyl (C=O) groups is 1. The summed E-state index contributed by atoms with van der Waals surface area (Å²) >= 11 is 0. The molecule has 1 aliphatic heterocycles. The minimum absolute atomic E-state index is 0. The van der Waals surface area contributed by atoms with E-state index in [0.29, 0.717) is 5.56 Å². The van der Waals surface area contributed by atoms with Crippen molar-refractivity contribution in [1.82, 2.24) is 14.7 Å². The number of halogens is 5. The summed E-state index contributed by atoms with van der Waals surface area (Å²) in [5.41, 5.74) is 6.28. The minimum atomic E-state index is -4.41. The first-order valence-corrected chi connectivity index (χ1v) is 6.36. The lowest BCUT2D eigenvalue weighted by molar-refractivity contribution is -0.196. The Balaban J connectivity index is 0.00000220. The number of hydrogen-bond donors (Lipinski definition) is 1. The Hall–Kier alpha value is -0.990. The van der Waals surface area contributed by atoms with Crippen molar-refractivity contribution in [3.8, 4) is 0 Å². The van der Waals surface area contributed by atoms with Gasteiger partial charge in [-0.3, -0.25) is 9.48 Å². The van der Waals surface area contributed by atoms with Crippen LogP contribution in [0.5, 0.6) is 0 Å². The quantitative estimate of drug-likeness (QED) is 0.870. The van der Waals surface area contributed by atoms with E-state index >= 15 is 0 Å². The minimum Gasteiger partial charge on any atom is -0.329 e. The average molecular weight is 363 g/mol. The van der Waals surface area contributed by atoms with E-state index in [9.17, 15) is 18.0 Å². The third-order valence-corrected chi connectivity index (χ3v) is 3.43. The largest absolute Gasteiger partial charge is 0.408 e. The number of carbonyl (C=O) groups excluding carboxylic acids is 1. The number of nitrogens with zero attached hydrogens (tertiary/aromatic N) is 3. The maximum atomic E-state index is 13.0. The van der Waals surface area contributed by atoms with Crippen LogP contribution in [0.25, 0.3) is 0 Å². The summed E-state index contributed by atoms with van der Waals surface area (Å²) in [7, 11) is 1.68. The number of hydrogen-bond acceptors (Lipinski definition) is 3. The highest BCUT2D eigenvalue weighted by Gasteiger charge is 2.47. The SMILES string of the molecule is Cl.Cl.Cn1cc(CC(=O)N2CC(N)CCC2C(F)(F)F)cn1. The van der Waals surface area contributed by atoms with Crippen LogP contribution in [0.2, 0.25) is 0 Å². The molecule has 0 radical (unpaired) electrons. The van der Waals surface area contributed by atoms with Crippen molar-refractivity contribution >= 4 is 30.7 Å². The van der Waals surface area contributed by atoms with Gasteiger partial charge in [0.05, 0.1) is 12.6 Å². The first-order chi connectivity index (χ1) is 9.27. The predicted molar refractivity (Wildman–Crippen MR) is 80.2 cm³/mol. The van der Waals surface area contributed by atoms with Crippen LogP contribution in [0, 0.1) is 0 Å². The summed E-state index contributed by atoms with van der Waals surface area (Å²) in [6.07, 6.45) is -1.27. The maximum absolute atomic E-state index is 13.0. The molecule has 2 unspecified atom stereocenters. The van der Waals surface area contributed by atoms with Crippen LogP contribution >= 0.6 is 24.8 Å². The molecule has 2 rings (SSSR count). The van der Waals surface area contributed by atoms with E-state index in [1.165, 1.54) is 10.9 Å². The summed E-state index contributed by atoms with van der Waals surface area (Å²) in [4.78, 5) is 13.0. The van der Waals surface area contributed by atoms with Gasteiger partial charge in [0.25, 0.3) is 0 Å². The summed E-state index contributed by atoms with van der Waals surface area (Å²) in [5, 5.41) is 3.90. The molecule has 22 heavy (non-hydrogen) atoms. The van der Waals surface area contributed by atoms with Crippen molar-refractivity contribution in [3.05, 3.63) is 18.0 Å². The molecule has 2 heterocycles. The summed E-state index contributed by atoms with van der Waals surface area (Å²) in [5.74, 6) is -0.560. The molecule has 0 spiro atoms. The van der Waals surface area contributed by atoms with Gasteiger partial charge in [-0.2, -0.15) is 18.3 Å². The number of rotatable bonds is 2. The van der Waals surface area contributed by atoms with Gasteiger partial charge in [0.2, 0.25) is 5.91 Å². The van der Waals surface area contributed by atoms with Crippen LogP contribution in [-0.4, -0.2) is 45.4 Å². The van der Waals surface area contributed by atoms with E-state index in [4.69, 9.17) is 5.73 Å². The van der Waals surface area contributed by atoms with Gasteiger partial charge in [0.15, 0.2) is 0 Å². The van der Waals surface area contributed by atoms with E-state index in [0.717, 1.165) is 4.90 Å². The van der Waals surface area contributed by atoms with Crippen molar-refractivity contribution in [2.75, 3.05) is 6.54 Å². The third-order valence-electron chi connectivity index (χ3n) is 3.43. The lowest BCUT2D eigenvalue weighted by Crippen LogP contribution is -2.57. The molecular formula is C12H19Cl2F3N4O. The summed E-state index contributed by atoms with van der Waals surface area (Å²) < 4.78 is 40.4. The lowest BCUT2D eigenvalue weighted by Gasteiger charge is -2.39. The number of nitrogens with two attached hydrogens (primary N) is 1. The van der Waals surface area contributed by atoms with Gasteiger partial charge in [0.1, 0.15) is 6.04 Å². The van der Waals surface area contributed by atoms with Gasteiger partial charge in [-0.15, -0.1) is 24.8 Å². The maximum Gasteiger partial charge on any atom is 0.408 e. The number of alkyl halides is 3. The second-order valence-corrected chi connectivity index (χ2v) is 5.14. The standard InChI is InChI=1S/C12H17F3N4O.2ClH/c1-18-6-8(5-17-18)4-11(20)19-7-9(16)2-3-10(19)12(13,14)15;;/h5-6,9-10H,2-4,7,16H2,1H3;2*1H. The molecule has 1 saturated heterocycles. The molecule has 128 valence electrons. The zero-order chi connectivity index (χ0) is 14.9. The van der Waals surface area contributed by atoms with Crippen molar-refractivity contribution in [1.29, 1.82) is 0 Å². The topological polar surface area (TPSA) is 64.2 Å². The zero-order valence-corrected chi connectivity index (χ0v) is 13.5. The Kier molecular flexibility index (Phi) is 7.67. The van der Waals surface area contributed by atoms with Crippen molar-refractivity contribution in [2.45, 2.75) is 37.5 Å². The fourth-order valence-corrected chi connectivity index (χ4v) is 2.45. The van der Waals surface area contributed by atoms with Gasteiger partial charge >= 0.3 is 6.18 Å². The molecule has 0 bridgehead atoms. The number of aryl methyl sites for hydroxylation is 1. The molecule has 1 amide bonds. The molecule has 0 aliphatic carbocycles. The van der Waals surface area contributed by atoms with E-state index in [-0.39, 0.29) is 50.6 Å². The first-order valence-electron chi connectivity index (χ1n) is 6.36. The Morgan fingerprint density at radius 1 is 1.41 bits per heavy atom. The fourth-order valence-electron chi connectivity index (χ4n) is 2.45. The molecule has 2 atom stereocenters. The Morgan fingerprint density at radius 2 is 2.05 bits per heavy atom. The van der Waals surface area contributed by atoms with Gasteiger partial charge in [-0.1, -0.05) is 0 Å². The normalized spacial score (nSPS) is 21.8. The van der Waals surface area contributed by atoms with Crippen LogP contribution in [0.4, 0.5) is 13.2 Å². The van der Waals surface area contributed by atoms with Gasteiger partial charge in [-0.05, 0) is 18.4 Å².